The maximum atomic E-state index is 11.0. The van der Waals surface area contributed by atoms with Crippen LogP contribution in [0.15, 0.2) is 53.0 Å². The summed E-state index contributed by atoms with van der Waals surface area (Å²) in [5.74, 6) is -0.412. The van der Waals surface area contributed by atoms with Crippen LogP contribution in [0.4, 0.5) is 0 Å². The Morgan fingerprint density at radius 3 is 2.45 bits per heavy atom. The number of rotatable bonds is 5. The van der Waals surface area contributed by atoms with Gasteiger partial charge in [0.15, 0.2) is 6.10 Å². The van der Waals surface area contributed by atoms with Gasteiger partial charge in [-0.1, -0.05) is 43.3 Å². The number of hydrogen-bond acceptors (Lipinski definition) is 2. The third-order valence-electron chi connectivity index (χ3n) is 2.95. The minimum absolute atomic E-state index is 0.419. The Hall–Kier alpha value is -1.81. The fraction of sp³-hybridized carbons (Fsp3) is 0.188. The van der Waals surface area contributed by atoms with E-state index in [9.17, 15) is 4.79 Å². The lowest BCUT2D eigenvalue weighted by Gasteiger charge is -2.15. The molecule has 1 N–H and O–H groups in total. The van der Waals surface area contributed by atoms with Crippen LogP contribution in [0.5, 0.6) is 5.75 Å². The Labute approximate surface area is 126 Å². The SMILES string of the molecule is CCC(Oc1ccc(-c2ccccc2)cc1Br)C(=O)O. The second kappa shape index (κ2) is 6.57. The summed E-state index contributed by atoms with van der Waals surface area (Å²) in [6, 6.07) is 15.6. The van der Waals surface area contributed by atoms with E-state index >= 15 is 0 Å². The lowest BCUT2D eigenvalue weighted by atomic mass is 10.1. The van der Waals surface area contributed by atoms with Gasteiger partial charge in [0.2, 0.25) is 0 Å². The number of carboxylic acid groups (broad SMARTS) is 1. The van der Waals surface area contributed by atoms with Gasteiger partial charge < -0.3 is 9.84 Å². The first-order valence-corrected chi connectivity index (χ1v) is 7.15. The van der Waals surface area contributed by atoms with Gasteiger partial charge in [-0.2, -0.15) is 0 Å². The highest BCUT2D eigenvalue weighted by Gasteiger charge is 2.18. The maximum absolute atomic E-state index is 11.0. The van der Waals surface area contributed by atoms with Gasteiger partial charge in [0.1, 0.15) is 5.75 Å². The van der Waals surface area contributed by atoms with Gasteiger partial charge in [0.05, 0.1) is 4.47 Å². The topological polar surface area (TPSA) is 46.5 Å². The molecule has 0 aliphatic rings. The van der Waals surface area contributed by atoms with Crippen molar-refractivity contribution in [2.24, 2.45) is 0 Å². The summed E-state index contributed by atoms with van der Waals surface area (Å²) in [4.78, 5) is 11.0. The van der Waals surface area contributed by atoms with Crippen LogP contribution < -0.4 is 4.74 Å². The molecule has 0 saturated heterocycles. The molecule has 0 fully saturated rings. The van der Waals surface area contributed by atoms with Crippen molar-refractivity contribution in [3.05, 3.63) is 53.0 Å². The Bertz CT molecular complexity index is 596. The Morgan fingerprint density at radius 1 is 1.20 bits per heavy atom. The standard InChI is InChI=1S/C16H15BrO3/c1-2-14(16(18)19)20-15-9-8-12(10-13(15)17)11-6-4-3-5-7-11/h3-10,14H,2H2,1H3,(H,18,19). The maximum Gasteiger partial charge on any atom is 0.344 e. The Kier molecular flexibility index (Phi) is 4.79. The van der Waals surface area contributed by atoms with Crippen LogP contribution >= 0.6 is 15.9 Å². The first-order valence-electron chi connectivity index (χ1n) is 6.36. The van der Waals surface area contributed by atoms with Crippen molar-refractivity contribution >= 4 is 21.9 Å². The second-order valence-corrected chi connectivity index (χ2v) is 5.22. The molecule has 2 aromatic carbocycles. The molecule has 3 nitrogen and oxygen atoms in total. The van der Waals surface area contributed by atoms with Crippen LogP contribution in [0, 0.1) is 0 Å². The fourth-order valence-corrected chi connectivity index (χ4v) is 2.34. The van der Waals surface area contributed by atoms with E-state index in [2.05, 4.69) is 15.9 Å². The molecule has 0 aliphatic heterocycles. The van der Waals surface area contributed by atoms with E-state index in [-0.39, 0.29) is 0 Å². The van der Waals surface area contributed by atoms with Crippen LogP contribution in [0.2, 0.25) is 0 Å². The number of aliphatic carboxylic acids is 1. The number of halogens is 1. The summed E-state index contributed by atoms with van der Waals surface area (Å²) in [6.07, 6.45) is -0.406. The van der Waals surface area contributed by atoms with E-state index in [4.69, 9.17) is 9.84 Å². The fourth-order valence-electron chi connectivity index (χ4n) is 1.87. The molecular formula is C16H15BrO3. The molecule has 1 unspecified atom stereocenters. The van der Waals surface area contributed by atoms with Crippen molar-refractivity contribution in [1.82, 2.24) is 0 Å². The molecule has 0 saturated carbocycles. The molecule has 0 radical (unpaired) electrons. The molecule has 0 aliphatic carbocycles. The smallest absolute Gasteiger partial charge is 0.344 e. The van der Waals surface area contributed by atoms with Gasteiger partial charge in [-0.25, -0.2) is 4.79 Å². The van der Waals surface area contributed by atoms with Gasteiger partial charge in [-0.3, -0.25) is 0 Å². The number of carboxylic acids is 1. The average molecular weight is 335 g/mol. The molecule has 104 valence electrons. The predicted octanol–water partition coefficient (Wildman–Crippen LogP) is 4.36. The molecule has 20 heavy (non-hydrogen) atoms. The number of carbonyl (C=O) groups is 1. The molecule has 1 atom stereocenters. The first kappa shape index (κ1) is 14.6. The third-order valence-corrected chi connectivity index (χ3v) is 3.57. The van der Waals surface area contributed by atoms with Gasteiger partial charge in [0.25, 0.3) is 0 Å². The number of benzene rings is 2. The van der Waals surface area contributed by atoms with Crippen LogP contribution in [-0.4, -0.2) is 17.2 Å². The minimum atomic E-state index is -0.952. The average Bonchev–Trinajstić information content (AvgIpc) is 2.46. The second-order valence-electron chi connectivity index (χ2n) is 4.36. The van der Waals surface area contributed by atoms with Gasteiger partial charge in [-0.05, 0) is 45.6 Å². The van der Waals surface area contributed by atoms with Crippen molar-refractivity contribution in [3.63, 3.8) is 0 Å². The number of ether oxygens (including phenoxy) is 1. The zero-order valence-corrected chi connectivity index (χ0v) is 12.6. The summed E-state index contributed by atoms with van der Waals surface area (Å²) >= 11 is 3.43. The summed E-state index contributed by atoms with van der Waals surface area (Å²) in [5, 5.41) is 9.02. The Balaban J connectivity index is 2.24. The largest absolute Gasteiger partial charge is 0.479 e. The van der Waals surface area contributed by atoms with Crippen molar-refractivity contribution < 1.29 is 14.6 Å². The van der Waals surface area contributed by atoms with Gasteiger partial charge >= 0.3 is 5.97 Å². The highest BCUT2D eigenvalue weighted by molar-refractivity contribution is 9.10. The summed E-state index contributed by atoms with van der Waals surface area (Å²) in [7, 11) is 0. The van der Waals surface area contributed by atoms with Crippen LogP contribution in [0.25, 0.3) is 11.1 Å². The van der Waals surface area contributed by atoms with E-state index in [0.29, 0.717) is 12.2 Å². The lowest BCUT2D eigenvalue weighted by molar-refractivity contribution is -0.145. The zero-order chi connectivity index (χ0) is 14.5. The van der Waals surface area contributed by atoms with Gasteiger partial charge in [-0.15, -0.1) is 0 Å². The minimum Gasteiger partial charge on any atom is -0.479 e. The van der Waals surface area contributed by atoms with Crippen molar-refractivity contribution in [2.75, 3.05) is 0 Å². The predicted molar refractivity (Wildman–Crippen MR) is 81.9 cm³/mol. The lowest BCUT2D eigenvalue weighted by Crippen LogP contribution is -2.26. The number of hydrogen-bond donors (Lipinski definition) is 1. The highest BCUT2D eigenvalue weighted by atomic mass is 79.9. The normalized spacial score (nSPS) is 11.9. The van der Waals surface area contributed by atoms with Crippen molar-refractivity contribution in [3.8, 4) is 16.9 Å². The molecule has 0 amide bonds. The zero-order valence-electron chi connectivity index (χ0n) is 11.0. The molecule has 2 aromatic rings. The molecule has 0 bridgehead atoms. The summed E-state index contributed by atoms with van der Waals surface area (Å²) in [5.41, 5.74) is 2.15. The van der Waals surface area contributed by atoms with E-state index < -0.39 is 12.1 Å². The summed E-state index contributed by atoms with van der Waals surface area (Å²) < 4.78 is 6.25. The van der Waals surface area contributed by atoms with Gasteiger partial charge in [0, 0.05) is 0 Å². The quantitative estimate of drug-likeness (QED) is 0.883. The van der Waals surface area contributed by atoms with Crippen molar-refractivity contribution in [2.45, 2.75) is 19.4 Å². The van der Waals surface area contributed by atoms with Crippen LogP contribution in [0.3, 0.4) is 0 Å². The monoisotopic (exact) mass is 334 g/mol. The first-order chi connectivity index (χ1) is 9.61. The molecule has 0 aromatic heterocycles. The Morgan fingerprint density at radius 2 is 1.90 bits per heavy atom. The van der Waals surface area contributed by atoms with E-state index in [1.807, 2.05) is 42.5 Å². The highest BCUT2D eigenvalue weighted by Crippen LogP contribution is 2.31. The molecule has 0 heterocycles. The molecule has 4 heteroatoms. The molecular weight excluding hydrogens is 320 g/mol. The van der Waals surface area contributed by atoms with Crippen LogP contribution in [0.1, 0.15) is 13.3 Å². The summed E-state index contributed by atoms with van der Waals surface area (Å²) in [6.45, 7) is 1.78. The molecule has 0 spiro atoms. The van der Waals surface area contributed by atoms with E-state index in [0.717, 1.165) is 15.6 Å². The van der Waals surface area contributed by atoms with Crippen LogP contribution in [-0.2, 0) is 4.79 Å². The van der Waals surface area contributed by atoms with E-state index in [1.165, 1.54) is 0 Å². The van der Waals surface area contributed by atoms with E-state index in [1.54, 1.807) is 13.0 Å². The third kappa shape index (κ3) is 3.39. The van der Waals surface area contributed by atoms with Crippen molar-refractivity contribution in [1.29, 1.82) is 0 Å². The molecule has 2 rings (SSSR count).